The predicted octanol–water partition coefficient (Wildman–Crippen LogP) is -0.576. The van der Waals surface area contributed by atoms with Gasteiger partial charge in [-0.3, -0.25) is 19.0 Å². The minimum absolute atomic E-state index is 0.106. The summed E-state index contributed by atoms with van der Waals surface area (Å²) in [6, 6.07) is 2.74. The van der Waals surface area contributed by atoms with E-state index < -0.39 is 36.2 Å². The first kappa shape index (κ1) is 17.0. The fourth-order valence-electron chi connectivity index (χ4n) is 2.44. The molecule has 0 radical (unpaired) electrons. The second-order valence-electron chi connectivity index (χ2n) is 5.23. The van der Waals surface area contributed by atoms with Crippen molar-refractivity contribution in [2.45, 2.75) is 6.54 Å². The summed E-state index contributed by atoms with van der Waals surface area (Å²) in [7, 11) is 0. The van der Waals surface area contributed by atoms with Crippen LogP contribution in [0.15, 0.2) is 40.4 Å². The average Bonchev–Trinajstić information content (AvgIpc) is 3.10. The number of hydrogen-bond acceptors (Lipinski definition) is 6. The van der Waals surface area contributed by atoms with E-state index in [-0.39, 0.29) is 16.8 Å². The van der Waals surface area contributed by atoms with Crippen LogP contribution in [0.3, 0.4) is 0 Å². The van der Waals surface area contributed by atoms with Crippen LogP contribution in [-0.2, 0) is 16.1 Å². The van der Waals surface area contributed by atoms with E-state index in [1.807, 2.05) is 0 Å². The second kappa shape index (κ2) is 6.55. The Kier molecular flexibility index (Phi) is 4.27. The number of carboxylic acids is 2. The molecule has 0 atom stereocenters. The van der Waals surface area contributed by atoms with Crippen molar-refractivity contribution in [3.05, 3.63) is 51.6 Å². The number of carbonyl (C=O) groups is 2. The third-order valence-electron chi connectivity index (χ3n) is 3.48. The van der Waals surface area contributed by atoms with E-state index in [0.29, 0.717) is 5.69 Å². The summed E-state index contributed by atoms with van der Waals surface area (Å²) in [5.74, 6) is -2.39. The van der Waals surface area contributed by atoms with Crippen LogP contribution in [0.2, 0.25) is 0 Å². The number of nitrogens with zero attached hydrogens (tertiary/aromatic N) is 3. The van der Waals surface area contributed by atoms with Gasteiger partial charge in [0.05, 0.1) is 23.0 Å². The highest BCUT2D eigenvalue weighted by atomic mass is 16.5. The van der Waals surface area contributed by atoms with Gasteiger partial charge < -0.3 is 24.5 Å². The van der Waals surface area contributed by atoms with Crippen LogP contribution in [0.5, 0.6) is 5.75 Å². The Morgan fingerprint density at radius 1 is 1.19 bits per heavy atom. The van der Waals surface area contributed by atoms with Crippen LogP contribution in [-0.4, -0.2) is 47.9 Å². The van der Waals surface area contributed by atoms with Crippen LogP contribution < -0.4 is 15.9 Å². The van der Waals surface area contributed by atoms with E-state index in [1.165, 1.54) is 29.2 Å². The Bertz CT molecular complexity index is 1110. The molecule has 0 bridgehead atoms. The Morgan fingerprint density at radius 3 is 2.58 bits per heavy atom. The molecule has 0 amide bonds. The number of H-pyrrole nitrogens is 1. The molecule has 0 aliphatic heterocycles. The van der Waals surface area contributed by atoms with Gasteiger partial charge in [-0.05, 0) is 6.07 Å². The van der Waals surface area contributed by atoms with Gasteiger partial charge >= 0.3 is 23.1 Å². The fourth-order valence-corrected chi connectivity index (χ4v) is 2.44. The monoisotopic (exact) mass is 360 g/mol. The van der Waals surface area contributed by atoms with Crippen LogP contribution >= 0.6 is 0 Å². The number of hydrogen-bond donors (Lipinski definition) is 3. The van der Waals surface area contributed by atoms with Gasteiger partial charge in [-0.1, -0.05) is 0 Å². The number of fused-ring (bicyclic) bond motifs is 1. The Hall–Kier alpha value is -3.89. The van der Waals surface area contributed by atoms with E-state index in [1.54, 1.807) is 6.20 Å². The van der Waals surface area contributed by atoms with Crippen LogP contribution in [0, 0.1) is 0 Å². The summed E-state index contributed by atoms with van der Waals surface area (Å²) in [4.78, 5) is 51.9. The molecule has 0 saturated heterocycles. The standard InChI is InChI=1S/C15H12N4O7/c20-12(21)5-19-9-4-10(18-2-1-16-7-18)11(26-6-13(22)23)3-8(9)17-14(24)15(19)25/h1-4,7H,5-6H2,(H,17,24)(H,20,21)(H,22,23). The number of imidazole rings is 1. The Balaban J connectivity index is 2.30. The van der Waals surface area contributed by atoms with Gasteiger partial charge in [-0.25, -0.2) is 9.78 Å². The maximum Gasteiger partial charge on any atom is 0.341 e. The highest BCUT2D eigenvalue weighted by Crippen LogP contribution is 2.27. The number of carboxylic acid groups (broad SMARTS) is 2. The smallest absolute Gasteiger partial charge is 0.341 e. The fraction of sp³-hybridized carbons (Fsp3) is 0.133. The van der Waals surface area contributed by atoms with Gasteiger partial charge in [0.1, 0.15) is 12.3 Å². The van der Waals surface area contributed by atoms with Crippen molar-refractivity contribution in [1.82, 2.24) is 19.1 Å². The molecular formula is C15H12N4O7. The van der Waals surface area contributed by atoms with E-state index in [2.05, 4.69) is 9.97 Å². The lowest BCUT2D eigenvalue weighted by molar-refractivity contribution is -0.139. The number of aromatic amines is 1. The first-order valence-electron chi connectivity index (χ1n) is 7.22. The Morgan fingerprint density at radius 2 is 1.96 bits per heavy atom. The zero-order chi connectivity index (χ0) is 18.8. The van der Waals surface area contributed by atoms with Crippen molar-refractivity contribution in [1.29, 1.82) is 0 Å². The summed E-state index contributed by atoms with van der Waals surface area (Å²) in [6.07, 6.45) is 4.45. The van der Waals surface area contributed by atoms with Gasteiger partial charge in [0, 0.05) is 18.5 Å². The molecule has 134 valence electrons. The summed E-state index contributed by atoms with van der Waals surface area (Å²) >= 11 is 0. The molecule has 0 saturated carbocycles. The minimum Gasteiger partial charge on any atom is -0.480 e. The molecule has 0 unspecified atom stereocenters. The van der Waals surface area contributed by atoms with Gasteiger partial charge in [0.15, 0.2) is 6.61 Å². The van der Waals surface area contributed by atoms with Gasteiger partial charge in [0.25, 0.3) is 0 Å². The van der Waals surface area contributed by atoms with Crippen molar-refractivity contribution < 1.29 is 24.5 Å². The second-order valence-corrected chi connectivity index (χ2v) is 5.23. The number of rotatable bonds is 6. The molecule has 26 heavy (non-hydrogen) atoms. The molecule has 0 fully saturated rings. The van der Waals surface area contributed by atoms with Crippen molar-refractivity contribution >= 4 is 23.0 Å². The van der Waals surface area contributed by atoms with Gasteiger partial charge in [-0.15, -0.1) is 0 Å². The van der Waals surface area contributed by atoms with Crippen molar-refractivity contribution in [2.24, 2.45) is 0 Å². The number of aromatic nitrogens is 4. The largest absolute Gasteiger partial charge is 0.480 e. The lowest BCUT2D eigenvalue weighted by atomic mass is 10.2. The van der Waals surface area contributed by atoms with Gasteiger partial charge in [-0.2, -0.15) is 0 Å². The molecule has 11 heteroatoms. The van der Waals surface area contributed by atoms with E-state index >= 15 is 0 Å². The van der Waals surface area contributed by atoms with Gasteiger partial charge in [0.2, 0.25) is 0 Å². The summed E-state index contributed by atoms with van der Waals surface area (Å²) in [5.41, 5.74) is -1.43. The lowest BCUT2D eigenvalue weighted by Crippen LogP contribution is -2.37. The number of benzene rings is 1. The topological polar surface area (TPSA) is 157 Å². The highest BCUT2D eigenvalue weighted by Gasteiger charge is 2.16. The highest BCUT2D eigenvalue weighted by molar-refractivity contribution is 5.82. The van der Waals surface area contributed by atoms with Crippen molar-refractivity contribution in [3.8, 4) is 11.4 Å². The maximum atomic E-state index is 12.0. The van der Waals surface area contributed by atoms with Crippen molar-refractivity contribution in [3.63, 3.8) is 0 Å². The molecule has 0 spiro atoms. The van der Waals surface area contributed by atoms with Crippen LogP contribution in [0.4, 0.5) is 0 Å². The normalized spacial score (nSPS) is 10.8. The molecule has 3 N–H and O–H groups in total. The molecular weight excluding hydrogens is 348 g/mol. The molecule has 2 aromatic heterocycles. The third-order valence-corrected chi connectivity index (χ3v) is 3.48. The minimum atomic E-state index is -1.30. The Labute approximate surface area is 143 Å². The molecule has 0 aliphatic carbocycles. The van der Waals surface area contributed by atoms with Crippen LogP contribution in [0.1, 0.15) is 0 Å². The number of nitrogens with one attached hydrogen (secondary N) is 1. The first-order valence-corrected chi connectivity index (χ1v) is 7.22. The maximum absolute atomic E-state index is 12.0. The number of aliphatic carboxylic acids is 2. The molecule has 0 aliphatic rings. The SMILES string of the molecule is O=C(O)COc1cc2[nH]c(=O)c(=O)n(CC(=O)O)c2cc1-n1ccnc1. The van der Waals surface area contributed by atoms with E-state index in [4.69, 9.17) is 14.9 Å². The van der Waals surface area contributed by atoms with Crippen LogP contribution in [0.25, 0.3) is 16.7 Å². The predicted molar refractivity (Wildman–Crippen MR) is 86.7 cm³/mol. The molecule has 3 rings (SSSR count). The molecule has 2 heterocycles. The summed E-state index contributed by atoms with van der Waals surface area (Å²) in [5, 5.41) is 17.8. The molecule has 1 aromatic carbocycles. The first-order chi connectivity index (χ1) is 12.4. The lowest BCUT2D eigenvalue weighted by Gasteiger charge is -2.14. The van der Waals surface area contributed by atoms with E-state index in [9.17, 15) is 19.2 Å². The van der Waals surface area contributed by atoms with E-state index in [0.717, 1.165) is 4.57 Å². The zero-order valence-electron chi connectivity index (χ0n) is 13.1. The number of ether oxygens (including phenoxy) is 1. The summed E-state index contributed by atoms with van der Waals surface area (Å²) in [6.45, 7) is -1.34. The third kappa shape index (κ3) is 3.17. The molecule has 3 aromatic rings. The van der Waals surface area contributed by atoms with Crippen molar-refractivity contribution in [2.75, 3.05) is 6.61 Å². The average molecular weight is 360 g/mol. The summed E-state index contributed by atoms with van der Waals surface area (Å²) < 4.78 is 7.56. The quantitative estimate of drug-likeness (QED) is 0.493. The molecule has 11 nitrogen and oxygen atoms in total. The zero-order valence-corrected chi connectivity index (χ0v) is 13.1.